The summed E-state index contributed by atoms with van der Waals surface area (Å²) in [5, 5.41) is 9.14. The highest BCUT2D eigenvalue weighted by Gasteiger charge is 2.34. The van der Waals surface area contributed by atoms with Gasteiger partial charge in [0.25, 0.3) is 0 Å². The van der Waals surface area contributed by atoms with E-state index in [0.29, 0.717) is 13.0 Å². The summed E-state index contributed by atoms with van der Waals surface area (Å²) in [6, 6.07) is 9.42. The first kappa shape index (κ1) is 14.4. The van der Waals surface area contributed by atoms with Crippen molar-refractivity contribution in [2.75, 3.05) is 13.1 Å². The second-order valence-electron chi connectivity index (χ2n) is 5.20. The van der Waals surface area contributed by atoms with Crippen LogP contribution in [0.15, 0.2) is 30.3 Å². The van der Waals surface area contributed by atoms with Gasteiger partial charge >= 0.3 is 12.1 Å². The Labute approximate surface area is 118 Å². The van der Waals surface area contributed by atoms with Crippen LogP contribution in [0.5, 0.6) is 0 Å². The lowest BCUT2D eigenvalue weighted by Gasteiger charge is -2.34. The molecule has 5 nitrogen and oxygen atoms in total. The molecule has 1 N–H and O–H groups in total. The van der Waals surface area contributed by atoms with Gasteiger partial charge in [0.2, 0.25) is 0 Å². The molecule has 1 saturated heterocycles. The number of benzene rings is 1. The SMILES string of the molecule is C[C@@H]1CCN(C(=O)OCc2ccccc2)C[C@@H]1C(=O)O. The molecule has 0 bridgehead atoms. The van der Waals surface area contributed by atoms with Gasteiger partial charge < -0.3 is 14.7 Å². The number of carboxylic acids is 1. The molecule has 2 atom stereocenters. The molecule has 2 rings (SSSR count). The number of nitrogens with zero attached hydrogens (tertiary/aromatic N) is 1. The molecule has 1 amide bonds. The van der Waals surface area contributed by atoms with Crippen molar-refractivity contribution in [3.63, 3.8) is 0 Å². The molecular weight excluding hydrogens is 258 g/mol. The molecule has 0 spiro atoms. The normalized spacial score (nSPS) is 22.4. The molecule has 108 valence electrons. The number of piperidine rings is 1. The molecular formula is C15H19NO4. The Kier molecular flexibility index (Phi) is 4.61. The quantitative estimate of drug-likeness (QED) is 0.921. The minimum atomic E-state index is -0.849. The zero-order valence-electron chi connectivity index (χ0n) is 11.5. The fourth-order valence-electron chi connectivity index (χ4n) is 2.37. The van der Waals surface area contributed by atoms with Gasteiger partial charge in [-0.05, 0) is 17.9 Å². The van der Waals surface area contributed by atoms with Crippen molar-refractivity contribution in [2.24, 2.45) is 11.8 Å². The fraction of sp³-hybridized carbons (Fsp3) is 0.467. The number of amides is 1. The van der Waals surface area contributed by atoms with Crippen LogP contribution in [0.1, 0.15) is 18.9 Å². The van der Waals surface area contributed by atoms with Crippen molar-refractivity contribution in [1.29, 1.82) is 0 Å². The zero-order valence-corrected chi connectivity index (χ0v) is 11.5. The minimum Gasteiger partial charge on any atom is -0.481 e. The molecule has 0 unspecified atom stereocenters. The molecule has 5 heteroatoms. The van der Waals surface area contributed by atoms with Crippen molar-refractivity contribution >= 4 is 12.1 Å². The Bertz CT molecular complexity index is 474. The highest BCUT2D eigenvalue weighted by Crippen LogP contribution is 2.24. The molecule has 1 aromatic rings. The summed E-state index contributed by atoms with van der Waals surface area (Å²) in [7, 11) is 0. The van der Waals surface area contributed by atoms with Gasteiger partial charge in [-0.3, -0.25) is 4.79 Å². The van der Waals surface area contributed by atoms with Crippen molar-refractivity contribution < 1.29 is 19.4 Å². The van der Waals surface area contributed by atoms with E-state index in [9.17, 15) is 9.59 Å². The topological polar surface area (TPSA) is 66.8 Å². The summed E-state index contributed by atoms with van der Waals surface area (Å²) in [5.74, 6) is -1.27. The second kappa shape index (κ2) is 6.41. The molecule has 1 aliphatic rings. The number of aliphatic carboxylic acids is 1. The van der Waals surface area contributed by atoms with E-state index in [1.165, 1.54) is 4.90 Å². The van der Waals surface area contributed by atoms with E-state index in [1.807, 2.05) is 37.3 Å². The largest absolute Gasteiger partial charge is 0.481 e. The van der Waals surface area contributed by atoms with Crippen LogP contribution in [-0.2, 0) is 16.1 Å². The van der Waals surface area contributed by atoms with Crippen LogP contribution in [-0.4, -0.2) is 35.2 Å². The van der Waals surface area contributed by atoms with E-state index >= 15 is 0 Å². The molecule has 0 aromatic heterocycles. The first-order chi connectivity index (χ1) is 9.58. The third kappa shape index (κ3) is 3.50. The predicted octanol–water partition coefficient (Wildman–Crippen LogP) is 2.37. The number of likely N-dealkylation sites (tertiary alicyclic amines) is 1. The van der Waals surface area contributed by atoms with Crippen molar-refractivity contribution in [2.45, 2.75) is 20.0 Å². The Hall–Kier alpha value is -2.04. The van der Waals surface area contributed by atoms with Crippen LogP contribution in [0.3, 0.4) is 0 Å². The van der Waals surface area contributed by atoms with Crippen LogP contribution in [0.25, 0.3) is 0 Å². The van der Waals surface area contributed by atoms with Gasteiger partial charge in [0.05, 0.1) is 5.92 Å². The third-order valence-corrected chi connectivity index (χ3v) is 3.74. The van der Waals surface area contributed by atoms with Crippen LogP contribution in [0, 0.1) is 11.8 Å². The number of ether oxygens (including phenoxy) is 1. The predicted molar refractivity (Wildman–Crippen MR) is 73.1 cm³/mol. The van der Waals surface area contributed by atoms with Crippen molar-refractivity contribution in [3.8, 4) is 0 Å². The van der Waals surface area contributed by atoms with Crippen LogP contribution >= 0.6 is 0 Å². The number of carbonyl (C=O) groups excluding carboxylic acids is 1. The molecule has 1 aromatic carbocycles. The molecule has 1 aliphatic heterocycles. The van der Waals surface area contributed by atoms with Gasteiger partial charge in [0.1, 0.15) is 6.61 Å². The standard InChI is InChI=1S/C15H19NO4/c1-11-7-8-16(9-13(11)14(17)18)15(19)20-10-12-5-3-2-4-6-12/h2-6,11,13H,7-10H2,1H3,(H,17,18)/t11-,13+/m1/s1. The van der Waals surface area contributed by atoms with Crippen LogP contribution in [0.2, 0.25) is 0 Å². The van der Waals surface area contributed by atoms with E-state index in [0.717, 1.165) is 5.56 Å². The maximum absolute atomic E-state index is 12.0. The maximum atomic E-state index is 12.0. The van der Waals surface area contributed by atoms with Gasteiger partial charge in [-0.2, -0.15) is 0 Å². The Balaban J connectivity index is 1.88. The summed E-state index contributed by atoms with van der Waals surface area (Å²) in [4.78, 5) is 24.6. The lowest BCUT2D eigenvalue weighted by molar-refractivity contribution is -0.145. The molecule has 1 fully saturated rings. The van der Waals surface area contributed by atoms with E-state index < -0.39 is 18.0 Å². The number of carboxylic acid groups (broad SMARTS) is 1. The lowest BCUT2D eigenvalue weighted by atomic mass is 9.87. The lowest BCUT2D eigenvalue weighted by Crippen LogP contribution is -2.45. The van der Waals surface area contributed by atoms with Gasteiger partial charge in [-0.25, -0.2) is 4.79 Å². The van der Waals surface area contributed by atoms with Crippen LogP contribution < -0.4 is 0 Å². The Morgan fingerprint density at radius 3 is 2.70 bits per heavy atom. The van der Waals surface area contributed by atoms with Gasteiger partial charge in [0.15, 0.2) is 0 Å². The highest BCUT2D eigenvalue weighted by molar-refractivity contribution is 5.73. The first-order valence-electron chi connectivity index (χ1n) is 6.76. The molecule has 0 aliphatic carbocycles. The fourth-order valence-corrected chi connectivity index (χ4v) is 2.37. The molecule has 20 heavy (non-hydrogen) atoms. The Morgan fingerprint density at radius 1 is 1.35 bits per heavy atom. The maximum Gasteiger partial charge on any atom is 0.410 e. The summed E-state index contributed by atoms with van der Waals surface area (Å²) in [6.07, 6.45) is 0.254. The summed E-state index contributed by atoms with van der Waals surface area (Å²) in [5.41, 5.74) is 0.918. The van der Waals surface area contributed by atoms with Crippen molar-refractivity contribution in [3.05, 3.63) is 35.9 Å². The summed E-state index contributed by atoms with van der Waals surface area (Å²) >= 11 is 0. The van der Waals surface area contributed by atoms with Crippen LogP contribution in [0.4, 0.5) is 4.79 Å². The number of hydrogen-bond donors (Lipinski definition) is 1. The van der Waals surface area contributed by atoms with E-state index in [-0.39, 0.29) is 19.1 Å². The monoisotopic (exact) mass is 277 g/mol. The molecule has 0 radical (unpaired) electrons. The van der Waals surface area contributed by atoms with E-state index in [4.69, 9.17) is 9.84 Å². The average molecular weight is 277 g/mol. The Morgan fingerprint density at radius 2 is 2.05 bits per heavy atom. The average Bonchev–Trinajstić information content (AvgIpc) is 2.46. The number of carbonyl (C=O) groups is 2. The number of rotatable bonds is 3. The third-order valence-electron chi connectivity index (χ3n) is 3.74. The summed E-state index contributed by atoms with van der Waals surface area (Å²) in [6.45, 7) is 2.90. The molecule has 1 heterocycles. The van der Waals surface area contributed by atoms with E-state index in [1.54, 1.807) is 0 Å². The smallest absolute Gasteiger partial charge is 0.410 e. The minimum absolute atomic E-state index is 0.0886. The second-order valence-corrected chi connectivity index (χ2v) is 5.20. The van der Waals surface area contributed by atoms with Crippen molar-refractivity contribution in [1.82, 2.24) is 4.90 Å². The van der Waals surface area contributed by atoms with Gasteiger partial charge in [0, 0.05) is 13.1 Å². The summed E-state index contributed by atoms with van der Waals surface area (Å²) < 4.78 is 5.22. The van der Waals surface area contributed by atoms with E-state index in [2.05, 4.69) is 0 Å². The number of hydrogen-bond acceptors (Lipinski definition) is 3. The highest BCUT2D eigenvalue weighted by atomic mass is 16.6. The van der Waals surface area contributed by atoms with Gasteiger partial charge in [-0.1, -0.05) is 37.3 Å². The zero-order chi connectivity index (χ0) is 14.5. The van der Waals surface area contributed by atoms with Gasteiger partial charge in [-0.15, -0.1) is 0 Å². The first-order valence-corrected chi connectivity index (χ1v) is 6.76. The molecule has 0 saturated carbocycles.